The summed E-state index contributed by atoms with van der Waals surface area (Å²) in [6.07, 6.45) is 6.97. The minimum atomic E-state index is -0.619. The lowest BCUT2D eigenvalue weighted by molar-refractivity contribution is 0.0304. The van der Waals surface area contributed by atoms with E-state index in [-0.39, 0.29) is 0 Å². The zero-order valence-electron chi connectivity index (χ0n) is 10.3. The molecule has 2 atom stereocenters. The standard InChI is InChI=1S/C13H22N2O/c1-3-9-15-12(6-8-14-15)13(16)7-5-11(4-2)10-13/h6,8,11,16H,3-5,7,9-10H2,1-2H3. The fourth-order valence-electron chi connectivity index (χ4n) is 2.82. The predicted octanol–water partition coefficient (Wildman–Crippen LogP) is 2.69. The topological polar surface area (TPSA) is 38.0 Å². The Morgan fingerprint density at radius 1 is 1.56 bits per heavy atom. The Morgan fingerprint density at radius 2 is 2.38 bits per heavy atom. The molecule has 1 heterocycles. The van der Waals surface area contributed by atoms with Crippen LogP contribution in [0.4, 0.5) is 0 Å². The molecule has 0 aliphatic heterocycles. The van der Waals surface area contributed by atoms with E-state index in [9.17, 15) is 5.11 Å². The first kappa shape index (κ1) is 11.6. The maximum atomic E-state index is 10.7. The van der Waals surface area contributed by atoms with E-state index in [0.29, 0.717) is 5.92 Å². The van der Waals surface area contributed by atoms with Crippen molar-refractivity contribution in [1.29, 1.82) is 0 Å². The first-order valence-corrected chi connectivity index (χ1v) is 6.44. The van der Waals surface area contributed by atoms with Gasteiger partial charge in [-0.15, -0.1) is 0 Å². The van der Waals surface area contributed by atoms with E-state index in [1.165, 1.54) is 6.42 Å². The van der Waals surface area contributed by atoms with Gasteiger partial charge in [-0.1, -0.05) is 20.3 Å². The zero-order valence-corrected chi connectivity index (χ0v) is 10.3. The molecule has 0 bridgehead atoms. The normalized spacial score (nSPS) is 29.8. The molecule has 0 saturated heterocycles. The van der Waals surface area contributed by atoms with E-state index in [1.54, 1.807) is 0 Å². The van der Waals surface area contributed by atoms with Crippen molar-refractivity contribution in [1.82, 2.24) is 9.78 Å². The second-order valence-corrected chi connectivity index (χ2v) is 4.99. The van der Waals surface area contributed by atoms with Crippen LogP contribution in [0.2, 0.25) is 0 Å². The van der Waals surface area contributed by atoms with Gasteiger partial charge in [-0.25, -0.2) is 0 Å². The maximum Gasteiger partial charge on any atom is 0.106 e. The molecule has 3 heteroatoms. The molecular formula is C13H22N2O. The van der Waals surface area contributed by atoms with Gasteiger partial charge < -0.3 is 5.11 Å². The molecule has 0 spiro atoms. The summed E-state index contributed by atoms with van der Waals surface area (Å²) in [5.41, 5.74) is 0.400. The van der Waals surface area contributed by atoms with E-state index in [2.05, 4.69) is 18.9 Å². The highest BCUT2D eigenvalue weighted by Crippen LogP contribution is 2.43. The van der Waals surface area contributed by atoms with Crippen molar-refractivity contribution in [2.45, 2.75) is 58.1 Å². The summed E-state index contributed by atoms with van der Waals surface area (Å²) in [7, 11) is 0. The third-order valence-electron chi connectivity index (χ3n) is 3.80. The number of aromatic nitrogens is 2. The molecule has 90 valence electrons. The average molecular weight is 222 g/mol. The number of rotatable bonds is 4. The number of aliphatic hydroxyl groups is 1. The van der Waals surface area contributed by atoms with Crippen LogP contribution in [0.25, 0.3) is 0 Å². The Labute approximate surface area is 97.5 Å². The van der Waals surface area contributed by atoms with E-state index >= 15 is 0 Å². The molecule has 1 N–H and O–H groups in total. The van der Waals surface area contributed by atoms with Gasteiger partial charge in [0.15, 0.2) is 0 Å². The third-order valence-corrected chi connectivity index (χ3v) is 3.80. The average Bonchev–Trinajstić information content (AvgIpc) is 2.86. The van der Waals surface area contributed by atoms with Crippen molar-refractivity contribution < 1.29 is 5.11 Å². The highest BCUT2D eigenvalue weighted by atomic mass is 16.3. The van der Waals surface area contributed by atoms with E-state index in [0.717, 1.165) is 37.9 Å². The van der Waals surface area contributed by atoms with Crippen LogP contribution >= 0.6 is 0 Å². The van der Waals surface area contributed by atoms with Crippen LogP contribution in [0.15, 0.2) is 12.3 Å². The molecular weight excluding hydrogens is 200 g/mol. The van der Waals surface area contributed by atoms with Crippen molar-refractivity contribution in [3.63, 3.8) is 0 Å². The minimum absolute atomic E-state index is 0.619. The summed E-state index contributed by atoms with van der Waals surface area (Å²) in [6, 6.07) is 1.98. The van der Waals surface area contributed by atoms with Crippen LogP contribution in [0.1, 0.15) is 51.6 Å². The smallest absolute Gasteiger partial charge is 0.106 e. The molecule has 1 aliphatic rings. The summed E-state index contributed by atoms with van der Waals surface area (Å²) in [5.74, 6) is 0.676. The van der Waals surface area contributed by atoms with Crippen LogP contribution < -0.4 is 0 Å². The van der Waals surface area contributed by atoms with Gasteiger partial charge in [0.1, 0.15) is 5.60 Å². The Kier molecular flexibility index (Phi) is 3.33. The molecule has 16 heavy (non-hydrogen) atoms. The third kappa shape index (κ3) is 2.01. The molecule has 0 radical (unpaired) electrons. The molecule has 1 aliphatic carbocycles. The van der Waals surface area contributed by atoms with Crippen LogP contribution in [0, 0.1) is 5.92 Å². The molecule has 3 nitrogen and oxygen atoms in total. The number of aryl methyl sites for hydroxylation is 1. The van der Waals surface area contributed by atoms with E-state index in [4.69, 9.17) is 0 Å². The number of hydrogen-bond acceptors (Lipinski definition) is 2. The Bertz CT molecular complexity index is 347. The Hall–Kier alpha value is -0.830. The highest BCUT2D eigenvalue weighted by Gasteiger charge is 2.40. The van der Waals surface area contributed by atoms with Crippen molar-refractivity contribution in [2.24, 2.45) is 5.92 Å². The van der Waals surface area contributed by atoms with Crippen molar-refractivity contribution in [3.05, 3.63) is 18.0 Å². The molecule has 2 unspecified atom stereocenters. The molecule has 1 aromatic rings. The first-order chi connectivity index (χ1) is 7.69. The summed E-state index contributed by atoms with van der Waals surface area (Å²) < 4.78 is 1.97. The van der Waals surface area contributed by atoms with Gasteiger partial charge >= 0.3 is 0 Å². The molecule has 0 aromatic carbocycles. The minimum Gasteiger partial charge on any atom is -0.384 e. The Balaban J connectivity index is 2.19. The van der Waals surface area contributed by atoms with Crippen LogP contribution in [0.5, 0.6) is 0 Å². The van der Waals surface area contributed by atoms with Gasteiger partial charge in [-0.3, -0.25) is 4.68 Å². The van der Waals surface area contributed by atoms with Gasteiger partial charge in [0.05, 0.1) is 5.69 Å². The molecule has 1 saturated carbocycles. The highest BCUT2D eigenvalue weighted by molar-refractivity contribution is 5.14. The quantitative estimate of drug-likeness (QED) is 0.850. The van der Waals surface area contributed by atoms with Gasteiger partial charge in [-0.05, 0) is 37.7 Å². The monoisotopic (exact) mass is 222 g/mol. The van der Waals surface area contributed by atoms with Gasteiger partial charge in [0.25, 0.3) is 0 Å². The van der Waals surface area contributed by atoms with Crippen LogP contribution in [-0.4, -0.2) is 14.9 Å². The largest absolute Gasteiger partial charge is 0.384 e. The zero-order chi connectivity index (χ0) is 11.6. The summed E-state index contributed by atoms with van der Waals surface area (Å²) in [6.45, 7) is 5.25. The van der Waals surface area contributed by atoms with E-state index < -0.39 is 5.60 Å². The maximum absolute atomic E-state index is 10.7. The molecule has 1 aromatic heterocycles. The lowest BCUT2D eigenvalue weighted by atomic mass is 9.95. The summed E-state index contributed by atoms with van der Waals surface area (Å²) in [5, 5.41) is 15.0. The van der Waals surface area contributed by atoms with Gasteiger partial charge in [0.2, 0.25) is 0 Å². The van der Waals surface area contributed by atoms with Crippen LogP contribution in [-0.2, 0) is 12.1 Å². The summed E-state index contributed by atoms with van der Waals surface area (Å²) in [4.78, 5) is 0. The molecule has 0 amide bonds. The van der Waals surface area contributed by atoms with Crippen LogP contribution in [0.3, 0.4) is 0 Å². The first-order valence-electron chi connectivity index (χ1n) is 6.44. The fourth-order valence-corrected chi connectivity index (χ4v) is 2.82. The summed E-state index contributed by atoms with van der Waals surface area (Å²) >= 11 is 0. The lowest BCUT2D eigenvalue weighted by Gasteiger charge is -2.24. The van der Waals surface area contributed by atoms with Crippen molar-refractivity contribution in [2.75, 3.05) is 0 Å². The van der Waals surface area contributed by atoms with E-state index in [1.807, 2.05) is 16.9 Å². The number of hydrogen-bond donors (Lipinski definition) is 1. The van der Waals surface area contributed by atoms with Crippen molar-refractivity contribution in [3.8, 4) is 0 Å². The lowest BCUT2D eigenvalue weighted by Crippen LogP contribution is -2.26. The molecule has 2 rings (SSSR count). The van der Waals surface area contributed by atoms with Gasteiger partial charge in [0, 0.05) is 12.7 Å². The second kappa shape index (κ2) is 4.58. The number of nitrogens with zero attached hydrogens (tertiary/aromatic N) is 2. The predicted molar refractivity (Wildman–Crippen MR) is 64.0 cm³/mol. The SMILES string of the molecule is CCCn1nccc1C1(O)CCC(CC)C1. The molecule has 1 fully saturated rings. The van der Waals surface area contributed by atoms with Gasteiger partial charge in [-0.2, -0.15) is 5.10 Å². The fraction of sp³-hybridized carbons (Fsp3) is 0.769. The second-order valence-electron chi connectivity index (χ2n) is 4.99. The Morgan fingerprint density at radius 3 is 3.00 bits per heavy atom. The van der Waals surface area contributed by atoms with Crippen molar-refractivity contribution >= 4 is 0 Å².